The van der Waals surface area contributed by atoms with E-state index < -0.39 is 0 Å². The molecule has 0 spiro atoms. The third-order valence-electron chi connectivity index (χ3n) is 7.99. The predicted octanol–water partition coefficient (Wildman–Crippen LogP) is 5.98. The topological polar surface area (TPSA) is 136 Å². The predicted molar refractivity (Wildman–Crippen MR) is 166 cm³/mol. The van der Waals surface area contributed by atoms with Crippen molar-refractivity contribution in [3.8, 4) is 0 Å². The van der Waals surface area contributed by atoms with Crippen molar-refractivity contribution in [2.24, 2.45) is 5.92 Å². The number of rotatable bonds is 13. The molecule has 6 N–H and O–H groups in total. The molecule has 1 aromatic carbocycles. The van der Waals surface area contributed by atoms with E-state index >= 15 is 0 Å². The van der Waals surface area contributed by atoms with E-state index in [9.17, 15) is 9.59 Å². The molecule has 0 atom stereocenters. The van der Waals surface area contributed by atoms with Crippen LogP contribution in [0.15, 0.2) is 48.8 Å². The first kappa shape index (κ1) is 30.0. The number of unbranched alkanes of at least 4 members (excludes halogenated alkanes) is 4. The second-order valence-electron chi connectivity index (χ2n) is 11.3. The highest BCUT2D eigenvalue weighted by Gasteiger charge is 2.20. The zero-order valence-corrected chi connectivity index (χ0v) is 24.3. The minimum Gasteiger partial charge on any atom is -0.398 e. The van der Waals surface area contributed by atoms with Gasteiger partial charge in [-0.3, -0.25) is 9.59 Å². The maximum Gasteiger partial charge on any atom is 0.256 e. The van der Waals surface area contributed by atoms with Gasteiger partial charge in [-0.2, -0.15) is 0 Å². The van der Waals surface area contributed by atoms with E-state index in [2.05, 4.69) is 20.6 Å². The third kappa shape index (κ3) is 9.03. The van der Waals surface area contributed by atoms with Gasteiger partial charge in [0, 0.05) is 48.1 Å². The van der Waals surface area contributed by atoms with E-state index in [0.29, 0.717) is 29.3 Å². The van der Waals surface area contributed by atoms with Crippen LogP contribution in [0.5, 0.6) is 0 Å². The van der Waals surface area contributed by atoms with Gasteiger partial charge in [0.05, 0.1) is 0 Å². The van der Waals surface area contributed by atoms with Crippen LogP contribution in [0.25, 0.3) is 0 Å². The van der Waals surface area contributed by atoms with Crippen molar-refractivity contribution in [3.63, 3.8) is 0 Å². The molecule has 0 radical (unpaired) electrons. The monoisotopic (exact) mass is 556 g/mol. The van der Waals surface area contributed by atoms with E-state index in [1.165, 1.54) is 19.3 Å². The highest BCUT2D eigenvalue weighted by molar-refractivity contribution is 6.03. The van der Waals surface area contributed by atoms with Crippen molar-refractivity contribution in [2.75, 3.05) is 23.3 Å². The lowest BCUT2D eigenvalue weighted by Crippen LogP contribution is -2.32. The number of nitrogens with one attached hydrogen (secondary N) is 2. The Hall–Kier alpha value is -3.94. The van der Waals surface area contributed by atoms with E-state index in [4.69, 9.17) is 11.5 Å². The first-order chi connectivity index (χ1) is 19.9. The molecule has 2 amide bonds. The number of nitrogen functional groups attached to an aromatic ring is 2. The van der Waals surface area contributed by atoms with Crippen LogP contribution in [0, 0.1) is 12.8 Å². The molecule has 0 unspecified atom stereocenters. The number of aromatic nitrogens is 2. The third-order valence-corrected chi connectivity index (χ3v) is 7.99. The lowest BCUT2D eigenvalue weighted by Gasteiger charge is -2.20. The molecule has 2 heterocycles. The van der Waals surface area contributed by atoms with Crippen LogP contribution >= 0.6 is 0 Å². The van der Waals surface area contributed by atoms with Crippen LogP contribution in [0.1, 0.15) is 96.8 Å². The number of hydrogen-bond donors (Lipinski definition) is 4. The molecule has 3 aromatic rings. The molecular weight excluding hydrogens is 512 g/mol. The second kappa shape index (κ2) is 15.2. The molecule has 1 aliphatic rings. The summed E-state index contributed by atoms with van der Waals surface area (Å²) in [6, 6.07) is 11.1. The highest BCUT2D eigenvalue weighted by atomic mass is 16.2. The first-order valence-electron chi connectivity index (χ1n) is 15.0. The molecule has 0 saturated heterocycles. The van der Waals surface area contributed by atoms with E-state index in [0.717, 1.165) is 80.2 Å². The fourth-order valence-corrected chi connectivity index (χ4v) is 5.47. The standard InChI is InChI=1S/C33H44N6O2/c1-23-17-19-36-29(20-23)39-33(41)26-15-13-24(14-16-26)21-28-30(34)27(22-38-31(28)35)12-6-3-2-4-9-18-37-32(40)25-10-7-5-8-11-25/h13-17,19-20,22,25H,2-12,18,21H2,1H3,(H,37,40)(H4,34,35,38)(H,36,39,41). The number of hydrogen-bond acceptors (Lipinski definition) is 6. The van der Waals surface area contributed by atoms with Gasteiger partial charge in [-0.15, -0.1) is 0 Å². The highest BCUT2D eigenvalue weighted by Crippen LogP contribution is 2.27. The fourth-order valence-electron chi connectivity index (χ4n) is 5.47. The number of pyridine rings is 2. The van der Waals surface area contributed by atoms with Crippen molar-refractivity contribution in [1.82, 2.24) is 15.3 Å². The SMILES string of the molecule is Cc1ccnc(NC(=O)c2ccc(Cc3c(N)ncc(CCCCCCCNC(=O)C4CCCCC4)c3N)cc2)c1. The average molecular weight is 557 g/mol. The minimum absolute atomic E-state index is 0.207. The first-order valence-corrected chi connectivity index (χ1v) is 15.0. The van der Waals surface area contributed by atoms with Crippen LogP contribution in [-0.2, 0) is 17.6 Å². The normalized spacial score (nSPS) is 13.6. The molecule has 8 heteroatoms. The maximum atomic E-state index is 12.6. The largest absolute Gasteiger partial charge is 0.398 e. The van der Waals surface area contributed by atoms with Gasteiger partial charge in [0.2, 0.25) is 5.91 Å². The number of aryl methyl sites for hydroxylation is 2. The van der Waals surface area contributed by atoms with Crippen molar-refractivity contribution < 1.29 is 9.59 Å². The number of nitrogens with two attached hydrogens (primary N) is 2. The Morgan fingerprint density at radius 3 is 2.41 bits per heavy atom. The smallest absolute Gasteiger partial charge is 0.256 e. The summed E-state index contributed by atoms with van der Waals surface area (Å²) in [7, 11) is 0. The molecular formula is C33H44N6O2. The van der Waals surface area contributed by atoms with Gasteiger partial charge in [-0.1, -0.05) is 50.7 Å². The zero-order valence-electron chi connectivity index (χ0n) is 24.3. The van der Waals surface area contributed by atoms with Crippen molar-refractivity contribution >= 4 is 29.1 Å². The summed E-state index contributed by atoms with van der Waals surface area (Å²) in [5.74, 6) is 1.25. The van der Waals surface area contributed by atoms with Crippen LogP contribution in [0.3, 0.4) is 0 Å². The Labute approximate surface area is 243 Å². The molecule has 8 nitrogen and oxygen atoms in total. The molecule has 1 saturated carbocycles. The summed E-state index contributed by atoms with van der Waals surface area (Å²) < 4.78 is 0. The number of carbonyl (C=O) groups excluding carboxylic acids is 2. The molecule has 0 aliphatic heterocycles. The van der Waals surface area contributed by atoms with Gasteiger partial charge in [0.25, 0.3) is 5.91 Å². The summed E-state index contributed by atoms with van der Waals surface area (Å²) in [4.78, 5) is 33.5. The van der Waals surface area contributed by atoms with Crippen molar-refractivity contribution in [1.29, 1.82) is 0 Å². The molecule has 0 bridgehead atoms. The average Bonchev–Trinajstić information content (AvgIpc) is 2.98. The number of amides is 2. The molecule has 1 fully saturated rings. The molecule has 41 heavy (non-hydrogen) atoms. The van der Waals surface area contributed by atoms with Gasteiger partial charge in [-0.05, 0) is 80.0 Å². The van der Waals surface area contributed by atoms with Crippen molar-refractivity contribution in [2.45, 2.75) is 84.0 Å². The van der Waals surface area contributed by atoms with E-state index in [-0.39, 0.29) is 17.7 Å². The van der Waals surface area contributed by atoms with Crippen LogP contribution in [-0.4, -0.2) is 28.3 Å². The summed E-state index contributed by atoms with van der Waals surface area (Å²) in [6.07, 6.45) is 16.0. The van der Waals surface area contributed by atoms with Crippen LogP contribution in [0.2, 0.25) is 0 Å². The van der Waals surface area contributed by atoms with Gasteiger partial charge in [0.15, 0.2) is 0 Å². The minimum atomic E-state index is -0.207. The quantitative estimate of drug-likeness (QED) is 0.191. The molecule has 4 rings (SSSR count). The van der Waals surface area contributed by atoms with Gasteiger partial charge >= 0.3 is 0 Å². The Morgan fingerprint density at radius 2 is 1.66 bits per heavy atom. The molecule has 1 aliphatic carbocycles. The van der Waals surface area contributed by atoms with E-state index in [1.54, 1.807) is 24.5 Å². The van der Waals surface area contributed by atoms with Gasteiger partial charge in [0.1, 0.15) is 11.6 Å². The second-order valence-corrected chi connectivity index (χ2v) is 11.3. The Kier molecular flexibility index (Phi) is 11.1. The Morgan fingerprint density at radius 1 is 0.927 bits per heavy atom. The summed E-state index contributed by atoms with van der Waals surface area (Å²) >= 11 is 0. The van der Waals surface area contributed by atoms with E-state index in [1.807, 2.05) is 31.2 Å². The Bertz CT molecular complexity index is 1300. The lowest BCUT2D eigenvalue weighted by atomic mass is 9.88. The fraction of sp³-hybridized carbons (Fsp3) is 0.455. The Balaban J connectivity index is 1.20. The number of anilines is 3. The van der Waals surface area contributed by atoms with Crippen LogP contribution < -0.4 is 22.1 Å². The lowest BCUT2D eigenvalue weighted by molar-refractivity contribution is -0.125. The summed E-state index contributed by atoms with van der Waals surface area (Å²) in [5.41, 5.74) is 17.9. The summed E-state index contributed by atoms with van der Waals surface area (Å²) in [6.45, 7) is 2.74. The van der Waals surface area contributed by atoms with Gasteiger partial charge in [-0.25, -0.2) is 9.97 Å². The van der Waals surface area contributed by atoms with Gasteiger partial charge < -0.3 is 22.1 Å². The maximum absolute atomic E-state index is 12.6. The van der Waals surface area contributed by atoms with Crippen molar-refractivity contribution in [3.05, 3.63) is 76.6 Å². The number of nitrogens with zero attached hydrogens (tertiary/aromatic N) is 2. The molecule has 2 aromatic heterocycles. The molecule has 218 valence electrons. The van der Waals surface area contributed by atoms with Crippen LogP contribution in [0.4, 0.5) is 17.3 Å². The number of carbonyl (C=O) groups is 2. The number of benzene rings is 1. The summed E-state index contributed by atoms with van der Waals surface area (Å²) in [5, 5.41) is 5.96. The zero-order chi connectivity index (χ0) is 29.0.